The van der Waals surface area contributed by atoms with E-state index in [-0.39, 0.29) is 37.5 Å². The molecule has 0 unspecified atom stereocenters. The third kappa shape index (κ3) is 3.12. The summed E-state index contributed by atoms with van der Waals surface area (Å²) in [6.45, 7) is 0. The van der Waals surface area contributed by atoms with Gasteiger partial charge in [0.05, 0.1) is 15.8 Å². The fourth-order valence-electron chi connectivity index (χ4n) is 2.15. The molecule has 0 saturated heterocycles. The number of hydrogen-bond donors (Lipinski definition) is 1. The summed E-state index contributed by atoms with van der Waals surface area (Å²) in [6, 6.07) is 6.51. The SMILES string of the molecule is CS(=O)(=O)c1ccc(Oc2cc(F)cc(Cl)c2)c2c(Cl)n[nH]c12. The lowest BCUT2D eigenvalue weighted by molar-refractivity contribution is 0.482. The van der Waals surface area contributed by atoms with Gasteiger partial charge >= 0.3 is 0 Å². The molecule has 120 valence electrons. The van der Waals surface area contributed by atoms with Crippen LogP contribution in [0.25, 0.3) is 10.9 Å². The van der Waals surface area contributed by atoms with Gasteiger partial charge in [0.15, 0.2) is 15.0 Å². The number of nitrogens with one attached hydrogen (secondary N) is 1. The van der Waals surface area contributed by atoms with Crippen LogP contribution >= 0.6 is 23.2 Å². The molecule has 23 heavy (non-hydrogen) atoms. The van der Waals surface area contributed by atoms with Gasteiger partial charge < -0.3 is 4.74 Å². The summed E-state index contributed by atoms with van der Waals surface area (Å²) < 4.78 is 42.6. The number of ether oxygens (including phenoxy) is 1. The highest BCUT2D eigenvalue weighted by Crippen LogP contribution is 2.37. The van der Waals surface area contributed by atoms with Gasteiger partial charge in [-0.3, -0.25) is 5.10 Å². The van der Waals surface area contributed by atoms with Gasteiger partial charge in [0.2, 0.25) is 0 Å². The average molecular weight is 375 g/mol. The standard InChI is InChI=1S/C14H9Cl2FN2O3S/c1-23(20,21)11-3-2-10(12-13(11)18-19-14(12)16)22-9-5-7(15)4-8(17)6-9/h2-6H,1H3,(H,18,19). The predicted molar refractivity (Wildman–Crippen MR) is 85.7 cm³/mol. The first kappa shape index (κ1) is 16.0. The summed E-state index contributed by atoms with van der Waals surface area (Å²) in [6.07, 6.45) is 1.07. The Morgan fingerprint density at radius 1 is 1.22 bits per heavy atom. The lowest BCUT2D eigenvalue weighted by Crippen LogP contribution is -1.99. The van der Waals surface area contributed by atoms with E-state index in [0.29, 0.717) is 0 Å². The Bertz CT molecular complexity index is 998. The second-order valence-electron chi connectivity index (χ2n) is 4.81. The van der Waals surface area contributed by atoms with E-state index in [9.17, 15) is 12.8 Å². The molecule has 2 aromatic carbocycles. The number of fused-ring (bicyclic) bond motifs is 1. The number of rotatable bonds is 3. The Hall–Kier alpha value is -1.83. The largest absolute Gasteiger partial charge is 0.456 e. The van der Waals surface area contributed by atoms with Crippen LogP contribution < -0.4 is 4.74 Å². The van der Waals surface area contributed by atoms with Gasteiger partial charge in [0.25, 0.3) is 0 Å². The molecule has 0 aliphatic heterocycles. The second kappa shape index (κ2) is 5.67. The van der Waals surface area contributed by atoms with Crippen LogP contribution in [0, 0.1) is 5.82 Å². The van der Waals surface area contributed by atoms with Crippen LogP contribution in [0.2, 0.25) is 10.2 Å². The number of H-pyrrole nitrogens is 1. The van der Waals surface area contributed by atoms with E-state index in [1.807, 2.05) is 0 Å². The van der Waals surface area contributed by atoms with Crippen molar-refractivity contribution in [2.24, 2.45) is 0 Å². The van der Waals surface area contributed by atoms with Gasteiger partial charge in [0, 0.05) is 17.3 Å². The van der Waals surface area contributed by atoms with Gasteiger partial charge in [0.1, 0.15) is 17.3 Å². The van der Waals surface area contributed by atoms with E-state index in [0.717, 1.165) is 18.4 Å². The van der Waals surface area contributed by atoms with Crippen LogP contribution in [-0.4, -0.2) is 24.9 Å². The van der Waals surface area contributed by atoms with Crippen LogP contribution in [-0.2, 0) is 9.84 Å². The molecule has 1 heterocycles. The zero-order valence-corrected chi connectivity index (χ0v) is 13.9. The molecule has 0 bridgehead atoms. The molecule has 0 amide bonds. The quantitative estimate of drug-likeness (QED) is 0.745. The molecular weight excluding hydrogens is 366 g/mol. The van der Waals surface area contributed by atoms with Crippen molar-refractivity contribution in [1.82, 2.24) is 10.2 Å². The van der Waals surface area contributed by atoms with Crippen molar-refractivity contribution in [2.45, 2.75) is 4.90 Å². The molecule has 3 rings (SSSR count). The smallest absolute Gasteiger partial charge is 0.177 e. The highest BCUT2D eigenvalue weighted by Gasteiger charge is 2.20. The Kier molecular flexibility index (Phi) is 3.95. The number of nitrogens with zero attached hydrogens (tertiary/aromatic N) is 1. The normalized spacial score (nSPS) is 11.8. The summed E-state index contributed by atoms with van der Waals surface area (Å²) in [5.41, 5.74) is 0.220. The minimum absolute atomic E-state index is 0.0384. The van der Waals surface area contributed by atoms with Crippen molar-refractivity contribution < 1.29 is 17.5 Å². The maximum absolute atomic E-state index is 13.4. The fraction of sp³-hybridized carbons (Fsp3) is 0.0714. The molecule has 0 aliphatic carbocycles. The van der Waals surface area contributed by atoms with Crippen molar-refractivity contribution in [1.29, 1.82) is 0 Å². The molecule has 0 radical (unpaired) electrons. The second-order valence-corrected chi connectivity index (χ2v) is 7.58. The zero-order chi connectivity index (χ0) is 16.8. The van der Waals surface area contributed by atoms with E-state index >= 15 is 0 Å². The van der Waals surface area contributed by atoms with Gasteiger partial charge in [-0.1, -0.05) is 23.2 Å². The zero-order valence-electron chi connectivity index (χ0n) is 11.6. The highest BCUT2D eigenvalue weighted by atomic mass is 35.5. The molecule has 0 spiro atoms. The van der Waals surface area contributed by atoms with Crippen molar-refractivity contribution in [3.05, 3.63) is 46.3 Å². The molecule has 3 aromatic rings. The molecule has 5 nitrogen and oxygen atoms in total. The predicted octanol–water partition coefficient (Wildman–Crippen LogP) is 4.20. The molecule has 0 saturated carbocycles. The fourth-order valence-corrected chi connectivity index (χ4v) is 3.42. The first-order valence-electron chi connectivity index (χ1n) is 6.26. The lowest BCUT2D eigenvalue weighted by Gasteiger charge is -2.09. The highest BCUT2D eigenvalue weighted by molar-refractivity contribution is 7.91. The van der Waals surface area contributed by atoms with E-state index in [1.54, 1.807) is 0 Å². The third-order valence-electron chi connectivity index (χ3n) is 3.06. The Balaban J connectivity index is 2.17. The minimum atomic E-state index is -3.49. The van der Waals surface area contributed by atoms with Gasteiger partial charge in [-0.05, 0) is 24.3 Å². The van der Waals surface area contributed by atoms with E-state index in [1.165, 1.54) is 18.2 Å². The van der Waals surface area contributed by atoms with E-state index in [2.05, 4.69) is 10.2 Å². The summed E-state index contributed by atoms with van der Waals surface area (Å²) in [5.74, 6) is -0.178. The van der Waals surface area contributed by atoms with Gasteiger partial charge in [-0.2, -0.15) is 5.10 Å². The van der Waals surface area contributed by atoms with Crippen molar-refractivity contribution in [3.63, 3.8) is 0 Å². The molecule has 0 aliphatic rings. The summed E-state index contributed by atoms with van der Waals surface area (Å²) in [4.78, 5) is 0.0384. The summed E-state index contributed by atoms with van der Waals surface area (Å²) in [7, 11) is -3.49. The lowest BCUT2D eigenvalue weighted by atomic mass is 10.2. The monoisotopic (exact) mass is 374 g/mol. The van der Waals surface area contributed by atoms with Crippen LogP contribution in [0.3, 0.4) is 0 Å². The number of aromatic nitrogens is 2. The molecule has 1 aromatic heterocycles. The average Bonchev–Trinajstić information content (AvgIpc) is 2.79. The van der Waals surface area contributed by atoms with Crippen molar-refractivity contribution in [3.8, 4) is 11.5 Å². The molecule has 0 atom stereocenters. The van der Waals surface area contributed by atoms with Gasteiger partial charge in [-0.15, -0.1) is 0 Å². The van der Waals surface area contributed by atoms with E-state index < -0.39 is 15.7 Å². The Morgan fingerprint density at radius 2 is 1.96 bits per heavy atom. The first-order valence-corrected chi connectivity index (χ1v) is 8.91. The summed E-state index contributed by atoms with van der Waals surface area (Å²) in [5, 5.41) is 6.87. The number of benzene rings is 2. The molecule has 9 heteroatoms. The first-order chi connectivity index (χ1) is 10.8. The Morgan fingerprint density at radius 3 is 2.61 bits per heavy atom. The molecule has 1 N–H and O–H groups in total. The number of halogens is 3. The van der Waals surface area contributed by atoms with Crippen molar-refractivity contribution in [2.75, 3.05) is 6.26 Å². The Labute approximate surface area is 140 Å². The van der Waals surface area contributed by atoms with Crippen LogP contribution in [0.1, 0.15) is 0 Å². The van der Waals surface area contributed by atoms with E-state index in [4.69, 9.17) is 27.9 Å². The van der Waals surface area contributed by atoms with Crippen LogP contribution in [0.15, 0.2) is 35.2 Å². The topological polar surface area (TPSA) is 72.1 Å². The number of aromatic amines is 1. The summed E-state index contributed by atoms with van der Waals surface area (Å²) >= 11 is 11.8. The van der Waals surface area contributed by atoms with Crippen LogP contribution in [0.4, 0.5) is 4.39 Å². The number of sulfone groups is 1. The maximum Gasteiger partial charge on any atom is 0.177 e. The van der Waals surface area contributed by atoms with Gasteiger partial charge in [-0.25, -0.2) is 12.8 Å². The number of hydrogen-bond acceptors (Lipinski definition) is 4. The molecular formula is C14H9Cl2FN2O3S. The molecule has 0 fully saturated rings. The van der Waals surface area contributed by atoms with Crippen LogP contribution in [0.5, 0.6) is 11.5 Å². The third-order valence-corrected chi connectivity index (χ3v) is 4.70. The van der Waals surface area contributed by atoms with Crippen molar-refractivity contribution >= 4 is 43.9 Å². The minimum Gasteiger partial charge on any atom is -0.456 e. The maximum atomic E-state index is 13.4.